The van der Waals surface area contributed by atoms with Crippen molar-refractivity contribution in [2.45, 2.75) is 38.6 Å². The van der Waals surface area contributed by atoms with E-state index in [1.165, 1.54) is 0 Å². The first kappa shape index (κ1) is 16.9. The van der Waals surface area contributed by atoms with E-state index in [-0.39, 0.29) is 17.7 Å². The van der Waals surface area contributed by atoms with Gasteiger partial charge in [0.1, 0.15) is 6.04 Å². The molecule has 0 aromatic carbocycles. The fraction of sp³-hybridized carbons (Fsp3) is 0.857. The summed E-state index contributed by atoms with van der Waals surface area (Å²) in [7, 11) is 1.65. The number of hydrogen-bond donors (Lipinski definition) is 3. The largest absolute Gasteiger partial charge is 0.383 e. The van der Waals surface area contributed by atoms with Crippen molar-refractivity contribution in [3.63, 3.8) is 0 Å². The molecule has 0 radical (unpaired) electrons. The average Bonchev–Trinajstić information content (AvgIpc) is 2.96. The molecule has 1 rings (SSSR count). The van der Waals surface area contributed by atoms with Gasteiger partial charge in [-0.2, -0.15) is 0 Å². The summed E-state index contributed by atoms with van der Waals surface area (Å²) in [4.78, 5) is 23.7. The molecular formula is C14H27N3O3. The minimum atomic E-state index is -0.470. The predicted octanol–water partition coefficient (Wildman–Crippen LogP) is 0.0335. The Kier molecular flexibility index (Phi) is 8.22. The van der Waals surface area contributed by atoms with E-state index in [9.17, 15) is 9.59 Å². The minimum absolute atomic E-state index is 0.0170. The zero-order chi connectivity index (χ0) is 14.8. The lowest BCUT2D eigenvalue weighted by atomic mass is 10.1. The first-order valence-electron chi connectivity index (χ1n) is 7.43. The van der Waals surface area contributed by atoms with E-state index in [0.717, 1.165) is 32.2 Å². The Morgan fingerprint density at radius 1 is 1.20 bits per heavy atom. The number of nitrogens with one attached hydrogen (secondary N) is 3. The van der Waals surface area contributed by atoms with Crippen LogP contribution in [0, 0.1) is 5.92 Å². The standard InChI is InChI=1S/C14H27N3O3/c1-11(17-14(19)12-5-3-4-6-12)13(18)16-8-7-15-9-10-20-2/h11-12,15H,3-10H2,1-2H3,(H,16,18)(H,17,19). The smallest absolute Gasteiger partial charge is 0.242 e. The molecule has 6 heteroatoms. The second-order valence-electron chi connectivity index (χ2n) is 5.25. The Morgan fingerprint density at radius 3 is 2.55 bits per heavy atom. The number of amides is 2. The lowest BCUT2D eigenvalue weighted by Crippen LogP contribution is -2.47. The van der Waals surface area contributed by atoms with Gasteiger partial charge in [-0.1, -0.05) is 12.8 Å². The Morgan fingerprint density at radius 2 is 1.90 bits per heavy atom. The van der Waals surface area contributed by atoms with Crippen molar-refractivity contribution in [1.82, 2.24) is 16.0 Å². The average molecular weight is 285 g/mol. The van der Waals surface area contributed by atoms with Crippen LogP contribution in [0.3, 0.4) is 0 Å². The SMILES string of the molecule is COCCNCCNC(=O)C(C)NC(=O)C1CCCC1. The molecule has 1 aliphatic rings. The molecule has 1 unspecified atom stereocenters. The molecule has 0 saturated heterocycles. The van der Waals surface area contributed by atoms with E-state index in [1.54, 1.807) is 14.0 Å². The lowest BCUT2D eigenvalue weighted by Gasteiger charge is -2.16. The summed E-state index contributed by atoms with van der Waals surface area (Å²) >= 11 is 0. The van der Waals surface area contributed by atoms with Crippen molar-refractivity contribution in [2.75, 3.05) is 33.4 Å². The summed E-state index contributed by atoms with van der Waals surface area (Å²) < 4.78 is 4.90. The van der Waals surface area contributed by atoms with Crippen molar-refractivity contribution in [3.8, 4) is 0 Å². The second kappa shape index (κ2) is 9.72. The quantitative estimate of drug-likeness (QED) is 0.522. The highest BCUT2D eigenvalue weighted by atomic mass is 16.5. The highest BCUT2D eigenvalue weighted by Crippen LogP contribution is 2.24. The van der Waals surface area contributed by atoms with E-state index >= 15 is 0 Å². The second-order valence-corrected chi connectivity index (χ2v) is 5.25. The summed E-state index contributed by atoms with van der Waals surface area (Å²) in [5.74, 6) is -0.0192. The van der Waals surface area contributed by atoms with Crippen molar-refractivity contribution in [3.05, 3.63) is 0 Å². The zero-order valence-corrected chi connectivity index (χ0v) is 12.5. The van der Waals surface area contributed by atoms with Gasteiger partial charge in [-0.25, -0.2) is 0 Å². The molecule has 1 atom stereocenters. The van der Waals surface area contributed by atoms with Crippen LogP contribution >= 0.6 is 0 Å². The number of ether oxygens (including phenoxy) is 1. The van der Waals surface area contributed by atoms with E-state index in [4.69, 9.17) is 4.74 Å². The molecule has 1 fully saturated rings. The topological polar surface area (TPSA) is 79.5 Å². The molecule has 3 N–H and O–H groups in total. The third kappa shape index (κ3) is 6.34. The predicted molar refractivity (Wildman–Crippen MR) is 77.3 cm³/mol. The number of methoxy groups -OCH3 is 1. The van der Waals surface area contributed by atoms with E-state index in [2.05, 4.69) is 16.0 Å². The van der Waals surface area contributed by atoms with Gasteiger partial charge in [0, 0.05) is 32.7 Å². The first-order valence-corrected chi connectivity index (χ1v) is 7.43. The van der Waals surface area contributed by atoms with Crippen LogP contribution in [0.1, 0.15) is 32.6 Å². The van der Waals surface area contributed by atoms with Crippen molar-refractivity contribution >= 4 is 11.8 Å². The summed E-state index contributed by atoms with van der Waals surface area (Å²) in [5.41, 5.74) is 0. The molecule has 0 aromatic heterocycles. The number of carbonyl (C=O) groups is 2. The Hall–Kier alpha value is -1.14. The highest BCUT2D eigenvalue weighted by molar-refractivity contribution is 5.88. The number of rotatable bonds is 9. The van der Waals surface area contributed by atoms with E-state index in [0.29, 0.717) is 19.7 Å². The summed E-state index contributed by atoms with van der Waals surface area (Å²) in [5, 5.41) is 8.73. The third-order valence-electron chi connectivity index (χ3n) is 3.56. The maximum Gasteiger partial charge on any atom is 0.242 e. The van der Waals surface area contributed by atoms with Crippen LogP contribution in [0.2, 0.25) is 0 Å². The maximum absolute atomic E-state index is 11.9. The first-order chi connectivity index (χ1) is 9.65. The molecular weight excluding hydrogens is 258 g/mol. The van der Waals surface area contributed by atoms with Crippen LogP contribution in [-0.4, -0.2) is 51.2 Å². The van der Waals surface area contributed by atoms with Crippen molar-refractivity contribution in [2.24, 2.45) is 5.92 Å². The van der Waals surface area contributed by atoms with Crippen LogP contribution in [-0.2, 0) is 14.3 Å². The van der Waals surface area contributed by atoms with Crippen molar-refractivity contribution in [1.29, 1.82) is 0 Å². The van der Waals surface area contributed by atoms with Gasteiger partial charge in [0.15, 0.2) is 0 Å². The Balaban J connectivity index is 2.10. The molecule has 20 heavy (non-hydrogen) atoms. The van der Waals surface area contributed by atoms with Gasteiger partial charge in [0.2, 0.25) is 11.8 Å². The minimum Gasteiger partial charge on any atom is -0.383 e. The van der Waals surface area contributed by atoms with Gasteiger partial charge < -0.3 is 20.7 Å². The van der Waals surface area contributed by atoms with Gasteiger partial charge in [0.05, 0.1) is 6.61 Å². The van der Waals surface area contributed by atoms with E-state index < -0.39 is 6.04 Å². The summed E-state index contributed by atoms with van der Waals surface area (Å²) in [6, 6.07) is -0.470. The van der Waals surface area contributed by atoms with E-state index in [1.807, 2.05) is 0 Å². The number of hydrogen-bond acceptors (Lipinski definition) is 4. The molecule has 116 valence electrons. The van der Waals surface area contributed by atoms with Crippen LogP contribution in [0.4, 0.5) is 0 Å². The van der Waals surface area contributed by atoms with Gasteiger partial charge >= 0.3 is 0 Å². The summed E-state index contributed by atoms with van der Waals surface area (Å²) in [6.07, 6.45) is 4.13. The maximum atomic E-state index is 11.9. The van der Waals surface area contributed by atoms with Crippen LogP contribution in [0.15, 0.2) is 0 Å². The van der Waals surface area contributed by atoms with Crippen LogP contribution in [0.5, 0.6) is 0 Å². The fourth-order valence-corrected chi connectivity index (χ4v) is 2.31. The van der Waals surface area contributed by atoms with Gasteiger partial charge in [-0.05, 0) is 19.8 Å². The molecule has 0 aliphatic heterocycles. The van der Waals surface area contributed by atoms with Gasteiger partial charge in [-0.3, -0.25) is 9.59 Å². The molecule has 1 aliphatic carbocycles. The monoisotopic (exact) mass is 285 g/mol. The zero-order valence-electron chi connectivity index (χ0n) is 12.5. The molecule has 6 nitrogen and oxygen atoms in total. The molecule has 0 bridgehead atoms. The van der Waals surface area contributed by atoms with Gasteiger partial charge in [-0.15, -0.1) is 0 Å². The molecule has 0 aromatic rings. The molecule has 1 saturated carbocycles. The molecule has 2 amide bonds. The van der Waals surface area contributed by atoms with Crippen molar-refractivity contribution < 1.29 is 14.3 Å². The third-order valence-corrected chi connectivity index (χ3v) is 3.56. The normalized spacial score (nSPS) is 16.9. The van der Waals surface area contributed by atoms with Crippen LogP contribution in [0.25, 0.3) is 0 Å². The number of carbonyl (C=O) groups excluding carboxylic acids is 2. The van der Waals surface area contributed by atoms with Gasteiger partial charge in [0.25, 0.3) is 0 Å². The Bertz CT molecular complexity index is 304. The molecule has 0 heterocycles. The van der Waals surface area contributed by atoms with Crippen LogP contribution < -0.4 is 16.0 Å². The highest BCUT2D eigenvalue weighted by Gasteiger charge is 2.25. The lowest BCUT2D eigenvalue weighted by molar-refractivity contribution is -0.130. The molecule has 0 spiro atoms. The Labute approximate surface area is 121 Å². The fourth-order valence-electron chi connectivity index (χ4n) is 2.31. The summed E-state index contributed by atoms with van der Waals surface area (Å²) in [6.45, 7) is 4.38.